The minimum absolute atomic E-state index is 0.714. The van der Waals surface area contributed by atoms with Gasteiger partial charge in [0.1, 0.15) is 0 Å². The Morgan fingerprint density at radius 1 is 1.06 bits per heavy atom. The zero-order valence-electron chi connectivity index (χ0n) is 10.1. The fourth-order valence-corrected chi connectivity index (χ4v) is 2.20. The van der Waals surface area contributed by atoms with Gasteiger partial charge in [-0.2, -0.15) is 0 Å². The van der Waals surface area contributed by atoms with Gasteiger partial charge in [-0.15, -0.1) is 0 Å². The van der Waals surface area contributed by atoms with Crippen molar-refractivity contribution in [3.63, 3.8) is 0 Å². The molecule has 1 rings (SSSR count). The summed E-state index contributed by atoms with van der Waals surface area (Å²) in [6, 6.07) is 5.72. The summed E-state index contributed by atoms with van der Waals surface area (Å²) in [5.41, 5.74) is 1.21. The quantitative estimate of drug-likeness (QED) is 0.733. The zero-order valence-corrected chi connectivity index (χ0v) is 11.7. The van der Waals surface area contributed by atoms with Crippen LogP contribution in [0.5, 0.6) is 0 Å². The summed E-state index contributed by atoms with van der Waals surface area (Å²) in [4.78, 5) is 0. The van der Waals surface area contributed by atoms with Crippen LogP contribution in [0, 0.1) is 0 Å². The van der Waals surface area contributed by atoms with Gasteiger partial charge in [0.25, 0.3) is 0 Å². The minimum Gasteiger partial charge on any atom is -0.383 e. The Bertz CT molecular complexity index is 311. The fraction of sp³-hybridized carbons (Fsp3) is 0.538. The Kier molecular flexibility index (Phi) is 7.62. The highest BCUT2D eigenvalue weighted by Crippen LogP contribution is 2.20. The SMILES string of the molecule is COCCNCCCCc1cc(Cl)cc(Cl)c1. The van der Waals surface area contributed by atoms with Gasteiger partial charge in [-0.25, -0.2) is 0 Å². The Morgan fingerprint density at radius 2 is 1.76 bits per heavy atom. The lowest BCUT2D eigenvalue weighted by atomic mass is 10.1. The molecular formula is C13H19Cl2NO. The van der Waals surface area contributed by atoms with E-state index in [1.807, 2.05) is 12.1 Å². The highest BCUT2D eigenvalue weighted by molar-refractivity contribution is 6.34. The Hall–Kier alpha value is -0.280. The lowest BCUT2D eigenvalue weighted by Gasteiger charge is -2.05. The van der Waals surface area contributed by atoms with E-state index in [2.05, 4.69) is 5.32 Å². The van der Waals surface area contributed by atoms with Gasteiger partial charge in [0, 0.05) is 23.7 Å². The molecule has 1 aromatic carbocycles. The summed E-state index contributed by atoms with van der Waals surface area (Å²) >= 11 is 11.9. The van der Waals surface area contributed by atoms with Crippen LogP contribution in [0.3, 0.4) is 0 Å². The van der Waals surface area contributed by atoms with E-state index in [4.69, 9.17) is 27.9 Å². The van der Waals surface area contributed by atoms with Crippen molar-refractivity contribution in [1.29, 1.82) is 0 Å². The third-order valence-corrected chi connectivity index (χ3v) is 2.91. The molecule has 0 spiro atoms. The first-order valence-electron chi connectivity index (χ1n) is 5.87. The van der Waals surface area contributed by atoms with E-state index in [-0.39, 0.29) is 0 Å². The van der Waals surface area contributed by atoms with Crippen LogP contribution in [0.25, 0.3) is 0 Å². The number of rotatable bonds is 8. The predicted molar refractivity (Wildman–Crippen MR) is 74.1 cm³/mol. The lowest BCUT2D eigenvalue weighted by molar-refractivity contribution is 0.199. The van der Waals surface area contributed by atoms with E-state index >= 15 is 0 Å². The second-order valence-corrected chi connectivity index (χ2v) is 4.85. The van der Waals surface area contributed by atoms with Gasteiger partial charge in [0.05, 0.1) is 6.61 Å². The van der Waals surface area contributed by atoms with Gasteiger partial charge in [0.15, 0.2) is 0 Å². The summed E-state index contributed by atoms with van der Waals surface area (Å²) in [5.74, 6) is 0. The highest BCUT2D eigenvalue weighted by Gasteiger charge is 1.98. The minimum atomic E-state index is 0.714. The first-order valence-corrected chi connectivity index (χ1v) is 6.62. The Labute approximate surface area is 113 Å². The van der Waals surface area contributed by atoms with E-state index in [9.17, 15) is 0 Å². The van der Waals surface area contributed by atoms with Gasteiger partial charge >= 0.3 is 0 Å². The molecule has 0 aromatic heterocycles. The van der Waals surface area contributed by atoms with E-state index in [0.717, 1.165) is 39.0 Å². The van der Waals surface area contributed by atoms with Crippen LogP contribution in [0.1, 0.15) is 18.4 Å². The standard InChI is InChI=1S/C13H19Cl2NO/c1-17-7-6-16-5-3-2-4-11-8-12(14)10-13(15)9-11/h8-10,16H,2-7H2,1H3. The second kappa shape index (κ2) is 8.76. The molecule has 0 unspecified atom stereocenters. The number of unbranched alkanes of at least 4 members (excludes halogenated alkanes) is 1. The second-order valence-electron chi connectivity index (χ2n) is 3.98. The monoisotopic (exact) mass is 275 g/mol. The first-order chi connectivity index (χ1) is 8.22. The third kappa shape index (κ3) is 6.89. The summed E-state index contributed by atoms with van der Waals surface area (Å²) in [6.07, 6.45) is 3.30. The molecule has 1 aromatic rings. The Balaban J connectivity index is 2.13. The maximum Gasteiger partial charge on any atom is 0.0587 e. The number of halogens is 2. The van der Waals surface area contributed by atoms with E-state index < -0.39 is 0 Å². The maximum absolute atomic E-state index is 5.94. The van der Waals surface area contributed by atoms with E-state index in [1.54, 1.807) is 13.2 Å². The van der Waals surface area contributed by atoms with Gasteiger partial charge in [-0.1, -0.05) is 23.2 Å². The lowest BCUT2D eigenvalue weighted by Crippen LogP contribution is -2.20. The van der Waals surface area contributed by atoms with Crippen molar-refractivity contribution >= 4 is 23.2 Å². The van der Waals surface area contributed by atoms with Crippen molar-refractivity contribution in [2.45, 2.75) is 19.3 Å². The van der Waals surface area contributed by atoms with Crippen molar-refractivity contribution in [2.24, 2.45) is 0 Å². The summed E-state index contributed by atoms with van der Waals surface area (Å²) in [6.45, 7) is 2.71. The van der Waals surface area contributed by atoms with E-state index in [0.29, 0.717) is 10.0 Å². The number of hydrogen-bond donors (Lipinski definition) is 1. The summed E-state index contributed by atoms with van der Waals surface area (Å²) in [7, 11) is 1.71. The molecular weight excluding hydrogens is 257 g/mol. The smallest absolute Gasteiger partial charge is 0.0587 e. The number of aryl methyl sites for hydroxylation is 1. The van der Waals surface area contributed by atoms with Crippen molar-refractivity contribution in [3.8, 4) is 0 Å². The average molecular weight is 276 g/mol. The number of methoxy groups -OCH3 is 1. The van der Waals surface area contributed by atoms with Gasteiger partial charge < -0.3 is 10.1 Å². The Morgan fingerprint density at radius 3 is 2.41 bits per heavy atom. The molecule has 1 N–H and O–H groups in total. The van der Waals surface area contributed by atoms with Gasteiger partial charge in [-0.05, 0) is 49.6 Å². The number of hydrogen-bond acceptors (Lipinski definition) is 2. The molecule has 0 saturated carbocycles. The number of benzene rings is 1. The van der Waals surface area contributed by atoms with Crippen LogP contribution in [0.2, 0.25) is 10.0 Å². The van der Waals surface area contributed by atoms with Crippen LogP contribution >= 0.6 is 23.2 Å². The van der Waals surface area contributed by atoms with Crippen molar-refractivity contribution in [3.05, 3.63) is 33.8 Å². The molecule has 17 heavy (non-hydrogen) atoms. The summed E-state index contributed by atoms with van der Waals surface area (Å²) in [5, 5.41) is 4.75. The number of nitrogens with one attached hydrogen (secondary N) is 1. The molecule has 0 fully saturated rings. The van der Waals surface area contributed by atoms with Gasteiger partial charge in [-0.3, -0.25) is 0 Å². The molecule has 0 amide bonds. The molecule has 0 bridgehead atoms. The van der Waals surface area contributed by atoms with Gasteiger partial charge in [0.2, 0.25) is 0 Å². The van der Waals surface area contributed by atoms with Crippen molar-refractivity contribution < 1.29 is 4.74 Å². The summed E-state index contributed by atoms with van der Waals surface area (Å²) < 4.78 is 4.95. The topological polar surface area (TPSA) is 21.3 Å². The molecule has 0 heterocycles. The molecule has 0 saturated heterocycles. The number of ether oxygens (including phenoxy) is 1. The molecule has 4 heteroatoms. The average Bonchev–Trinajstić information content (AvgIpc) is 2.26. The van der Waals surface area contributed by atoms with Crippen LogP contribution in [-0.2, 0) is 11.2 Å². The zero-order chi connectivity index (χ0) is 12.5. The fourth-order valence-electron chi connectivity index (χ4n) is 1.63. The maximum atomic E-state index is 5.94. The molecule has 0 aliphatic carbocycles. The van der Waals surface area contributed by atoms with Crippen molar-refractivity contribution in [1.82, 2.24) is 5.32 Å². The first kappa shape index (κ1) is 14.8. The molecule has 2 nitrogen and oxygen atoms in total. The van der Waals surface area contributed by atoms with Crippen molar-refractivity contribution in [2.75, 3.05) is 26.8 Å². The molecule has 0 aliphatic heterocycles. The van der Waals surface area contributed by atoms with Crippen LogP contribution < -0.4 is 5.32 Å². The normalized spacial score (nSPS) is 10.8. The largest absolute Gasteiger partial charge is 0.383 e. The third-order valence-electron chi connectivity index (χ3n) is 2.47. The molecule has 0 atom stereocenters. The molecule has 96 valence electrons. The van der Waals surface area contributed by atoms with Crippen LogP contribution in [-0.4, -0.2) is 26.8 Å². The molecule has 0 radical (unpaired) electrons. The van der Waals surface area contributed by atoms with Crippen LogP contribution in [0.15, 0.2) is 18.2 Å². The van der Waals surface area contributed by atoms with Crippen LogP contribution in [0.4, 0.5) is 0 Å². The highest BCUT2D eigenvalue weighted by atomic mass is 35.5. The molecule has 0 aliphatic rings. The van der Waals surface area contributed by atoms with E-state index in [1.165, 1.54) is 5.56 Å². The predicted octanol–water partition coefficient (Wildman–Crippen LogP) is 3.55.